The third-order valence-electron chi connectivity index (χ3n) is 1.80. The van der Waals surface area contributed by atoms with E-state index in [9.17, 15) is 4.79 Å². The van der Waals surface area contributed by atoms with Crippen LogP contribution in [0.4, 0.5) is 0 Å². The number of nitrogens with one attached hydrogen (secondary N) is 1. The molecule has 0 aliphatic rings. The van der Waals surface area contributed by atoms with Crippen molar-refractivity contribution < 1.29 is 9.90 Å². The van der Waals surface area contributed by atoms with Gasteiger partial charge in [-0.05, 0) is 19.4 Å². The highest BCUT2D eigenvalue weighted by atomic mass is 16.3. The van der Waals surface area contributed by atoms with Crippen molar-refractivity contribution in [1.82, 2.24) is 5.32 Å². The van der Waals surface area contributed by atoms with Crippen LogP contribution in [0.3, 0.4) is 0 Å². The van der Waals surface area contributed by atoms with Gasteiger partial charge >= 0.3 is 0 Å². The second kappa shape index (κ2) is 7.06. The van der Waals surface area contributed by atoms with Crippen molar-refractivity contribution in [1.29, 1.82) is 0 Å². The largest absolute Gasteiger partial charge is 0.396 e. The third kappa shape index (κ3) is 5.09. The Balaban J connectivity index is 3.38. The van der Waals surface area contributed by atoms with E-state index in [1.165, 1.54) is 0 Å². The van der Waals surface area contributed by atoms with Crippen molar-refractivity contribution in [3.8, 4) is 0 Å². The molecule has 4 N–H and O–H groups in total. The van der Waals surface area contributed by atoms with Crippen molar-refractivity contribution in [2.75, 3.05) is 19.7 Å². The van der Waals surface area contributed by atoms with Crippen LogP contribution in [0.1, 0.15) is 19.8 Å². The predicted octanol–water partition coefficient (Wildman–Crippen LogP) is -0.530. The van der Waals surface area contributed by atoms with E-state index in [4.69, 9.17) is 10.8 Å². The average Bonchev–Trinajstić information content (AvgIpc) is 2.04. The molecule has 1 atom stereocenters. The third-order valence-corrected chi connectivity index (χ3v) is 1.80. The number of primary amides is 1. The Morgan fingerprint density at radius 1 is 1.67 bits per heavy atom. The fourth-order valence-corrected chi connectivity index (χ4v) is 0.926. The molecule has 0 aliphatic carbocycles. The van der Waals surface area contributed by atoms with Crippen LogP contribution in [0, 0.1) is 5.92 Å². The van der Waals surface area contributed by atoms with E-state index in [0.29, 0.717) is 6.54 Å². The number of carbonyl (C=O) groups is 1. The van der Waals surface area contributed by atoms with Gasteiger partial charge in [0.15, 0.2) is 0 Å². The molecule has 0 saturated carbocycles. The lowest BCUT2D eigenvalue weighted by atomic mass is 10.1. The van der Waals surface area contributed by atoms with Crippen molar-refractivity contribution in [3.05, 3.63) is 0 Å². The first-order chi connectivity index (χ1) is 5.72. The van der Waals surface area contributed by atoms with Crippen molar-refractivity contribution in [2.24, 2.45) is 11.7 Å². The van der Waals surface area contributed by atoms with Crippen LogP contribution in [0.5, 0.6) is 0 Å². The normalized spacial score (nSPS) is 12.8. The number of amides is 1. The molecule has 4 heteroatoms. The topological polar surface area (TPSA) is 75.3 Å². The highest BCUT2D eigenvalue weighted by Gasteiger charge is 2.10. The zero-order valence-corrected chi connectivity index (χ0v) is 7.55. The number of hydrogen-bond acceptors (Lipinski definition) is 3. The molecule has 1 unspecified atom stereocenters. The van der Waals surface area contributed by atoms with Crippen LogP contribution in [0.15, 0.2) is 0 Å². The summed E-state index contributed by atoms with van der Waals surface area (Å²) in [6.45, 7) is 3.47. The first kappa shape index (κ1) is 11.4. The second-order valence-corrected chi connectivity index (χ2v) is 2.79. The summed E-state index contributed by atoms with van der Waals surface area (Å²) in [7, 11) is 0. The molecule has 0 saturated heterocycles. The lowest BCUT2D eigenvalue weighted by Crippen LogP contribution is -2.33. The summed E-state index contributed by atoms with van der Waals surface area (Å²) in [6, 6.07) is 0. The standard InChI is InChI=1S/C8H18N2O2/c1-2-7(8(9)12)6-10-4-3-5-11/h7,10-11H,2-6H2,1H3,(H2,9,12). The van der Waals surface area contributed by atoms with Gasteiger partial charge in [-0.15, -0.1) is 0 Å². The summed E-state index contributed by atoms with van der Waals surface area (Å²) in [5, 5.41) is 11.5. The van der Waals surface area contributed by atoms with Crippen molar-refractivity contribution in [2.45, 2.75) is 19.8 Å². The summed E-state index contributed by atoms with van der Waals surface area (Å²) < 4.78 is 0. The lowest BCUT2D eigenvalue weighted by molar-refractivity contribution is -0.121. The van der Waals surface area contributed by atoms with Crippen LogP contribution in [-0.2, 0) is 4.79 Å². The Bertz CT molecular complexity index is 128. The van der Waals surface area contributed by atoms with E-state index < -0.39 is 0 Å². The van der Waals surface area contributed by atoms with Gasteiger partial charge in [0.1, 0.15) is 0 Å². The molecule has 0 radical (unpaired) electrons. The molecule has 0 bridgehead atoms. The Morgan fingerprint density at radius 3 is 2.75 bits per heavy atom. The molecule has 0 aromatic rings. The van der Waals surface area contributed by atoms with E-state index in [1.54, 1.807) is 0 Å². The van der Waals surface area contributed by atoms with Gasteiger partial charge in [-0.3, -0.25) is 4.79 Å². The van der Waals surface area contributed by atoms with Crippen molar-refractivity contribution in [3.63, 3.8) is 0 Å². The highest BCUT2D eigenvalue weighted by molar-refractivity contribution is 5.76. The molecule has 0 spiro atoms. The van der Waals surface area contributed by atoms with Crippen LogP contribution in [-0.4, -0.2) is 30.7 Å². The number of aliphatic hydroxyl groups is 1. The van der Waals surface area contributed by atoms with Crippen LogP contribution >= 0.6 is 0 Å². The summed E-state index contributed by atoms with van der Waals surface area (Å²) in [5.74, 6) is -0.335. The van der Waals surface area contributed by atoms with Gasteiger partial charge < -0.3 is 16.2 Å². The van der Waals surface area contributed by atoms with E-state index >= 15 is 0 Å². The molecule has 0 heterocycles. The van der Waals surface area contributed by atoms with E-state index in [-0.39, 0.29) is 18.4 Å². The molecule has 0 rings (SSSR count). The zero-order valence-electron chi connectivity index (χ0n) is 7.55. The lowest BCUT2D eigenvalue weighted by Gasteiger charge is -2.10. The van der Waals surface area contributed by atoms with E-state index in [1.807, 2.05) is 6.92 Å². The van der Waals surface area contributed by atoms with Gasteiger partial charge in [0.2, 0.25) is 5.91 Å². The van der Waals surface area contributed by atoms with Gasteiger partial charge in [0.05, 0.1) is 0 Å². The van der Waals surface area contributed by atoms with Gasteiger partial charge in [-0.1, -0.05) is 6.92 Å². The Kier molecular flexibility index (Phi) is 6.70. The van der Waals surface area contributed by atoms with Gasteiger partial charge in [-0.2, -0.15) is 0 Å². The molecule has 12 heavy (non-hydrogen) atoms. The van der Waals surface area contributed by atoms with Gasteiger partial charge in [0, 0.05) is 19.1 Å². The number of hydrogen-bond donors (Lipinski definition) is 3. The number of rotatable bonds is 7. The highest BCUT2D eigenvalue weighted by Crippen LogP contribution is 1.98. The summed E-state index contributed by atoms with van der Waals surface area (Å²) >= 11 is 0. The molecule has 0 aliphatic heterocycles. The SMILES string of the molecule is CCC(CNCCCO)C(N)=O. The maximum Gasteiger partial charge on any atom is 0.221 e. The molecule has 0 aromatic carbocycles. The molecule has 72 valence electrons. The minimum absolute atomic E-state index is 0.0799. The Labute approximate surface area is 73.1 Å². The van der Waals surface area contributed by atoms with E-state index in [0.717, 1.165) is 19.4 Å². The number of aliphatic hydroxyl groups excluding tert-OH is 1. The summed E-state index contributed by atoms with van der Waals surface area (Å²) in [5.41, 5.74) is 5.13. The molecule has 0 fully saturated rings. The summed E-state index contributed by atoms with van der Waals surface area (Å²) in [4.78, 5) is 10.7. The maximum atomic E-state index is 10.7. The van der Waals surface area contributed by atoms with Crippen LogP contribution in [0.25, 0.3) is 0 Å². The molecule has 4 nitrogen and oxygen atoms in total. The second-order valence-electron chi connectivity index (χ2n) is 2.79. The minimum Gasteiger partial charge on any atom is -0.396 e. The monoisotopic (exact) mass is 174 g/mol. The fourth-order valence-electron chi connectivity index (χ4n) is 0.926. The maximum absolute atomic E-state index is 10.7. The van der Waals surface area contributed by atoms with Crippen LogP contribution in [0.2, 0.25) is 0 Å². The number of carbonyl (C=O) groups excluding carboxylic acids is 1. The zero-order chi connectivity index (χ0) is 9.40. The molecular weight excluding hydrogens is 156 g/mol. The van der Waals surface area contributed by atoms with Gasteiger partial charge in [0.25, 0.3) is 0 Å². The van der Waals surface area contributed by atoms with E-state index in [2.05, 4.69) is 5.32 Å². The van der Waals surface area contributed by atoms with Crippen LogP contribution < -0.4 is 11.1 Å². The molecule has 0 aromatic heterocycles. The quantitative estimate of drug-likeness (QED) is 0.454. The first-order valence-electron chi connectivity index (χ1n) is 4.33. The summed E-state index contributed by atoms with van der Waals surface area (Å²) in [6.07, 6.45) is 1.48. The smallest absolute Gasteiger partial charge is 0.221 e. The Morgan fingerprint density at radius 2 is 2.33 bits per heavy atom. The average molecular weight is 174 g/mol. The number of nitrogens with two attached hydrogens (primary N) is 1. The fraction of sp³-hybridized carbons (Fsp3) is 0.875. The van der Waals surface area contributed by atoms with Gasteiger partial charge in [-0.25, -0.2) is 0 Å². The van der Waals surface area contributed by atoms with Crippen molar-refractivity contribution >= 4 is 5.91 Å². The Hall–Kier alpha value is -0.610. The molecular formula is C8H18N2O2. The first-order valence-corrected chi connectivity index (χ1v) is 4.33. The minimum atomic E-state index is -0.256. The predicted molar refractivity (Wildman–Crippen MR) is 47.5 cm³/mol. The molecule has 1 amide bonds.